The molecular weight excluding hydrogens is 1600 g/mol. The molecule has 3 aromatic heterocycles. The van der Waals surface area contributed by atoms with Crippen LogP contribution >= 0.6 is 69.6 Å². The molecule has 3 saturated heterocycles. The first-order valence-corrected chi connectivity index (χ1v) is 36.3. The van der Waals surface area contributed by atoms with Crippen molar-refractivity contribution in [3.63, 3.8) is 0 Å². The Balaban J connectivity index is 0.000000195. The van der Waals surface area contributed by atoms with Crippen LogP contribution in [0.15, 0.2) is 115 Å². The predicted molar refractivity (Wildman–Crippen MR) is 401 cm³/mol. The minimum absolute atomic E-state index is 0.00883. The largest absolute Gasteiger partial charge is 0.495 e. The number of carbonyl (C=O) groups excluding carboxylic acids is 3. The average molecular weight is 1680 g/mol. The summed E-state index contributed by atoms with van der Waals surface area (Å²) in [6.45, 7) is 10.7. The Bertz CT molecular complexity index is 4470. The van der Waals surface area contributed by atoms with Gasteiger partial charge in [-0.25, -0.2) is 0 Å². The molecule has 8 aromatic rings. The van der Waals surface area contributed by atoms with E-state index in [1.165, 1.54) is 52.4 Å². The monoisotopic (exact) mass is 1680 g/mol. The highest BCUT2D eigenvalue weighted by Gasteiger charge is 2.42. The van der Waals surface area contributed by atoms with E-state index in [4.69, 9.17) is 103 Å². The molecule has 2 N–H and O–H groups in total. The van der Waals surface area contributed by atoms with Crippen LogP contribution in [0.3, 0.4) is 0 Å². The van der Waals surface area contributed by atoms with Crippen molar-refractivity contribution in [2.45, 2.75) is 97.2 Å². The number of piperazine rings is 3. The molecular formula is C73H79Cl6F9N12O11. The summed E-state index contributed by atoms with van der Waals surface area (Å²) >= 11 is 35.5. The maximum Gasteiger partial charge on any atom is 0.436 e. The van der Waals surface area contributed by atoms with Gasteiger partial charge in [0.2, 0.25) is 11.8 Å². The number of nitrogens with one attached hydrogen (secondary N) is 1. The molecule has 3 atom stereocenters. The highest BCUT2D eigenvalue weighted by molar-refractivity contribution is 6.33. The van der Waals surface area contributed by atoms with Crippen molar-refractivity contribution >= 4 is 110 Å². The van der Waals surface area contributed by atoms with Crippen LogP contribution in [0.2, 0.25) is 30.1 Å². The SMILES string of the molecule is COc1cc(N2CCN(C(=O)Cn3nc(C(F)(F)F)c(Cl)c3C)C[C@@H]2COC(C)=O)ccc1Cl.COc1cc(N2CCN(C(=O)Cn3nc(C(F)(F)F)c(Cl)c3C)C[C@@H]2COCc2ccccc2)ccc1Cl.COc1cc(N2CCNC[C@@H]2COCc2ccccc2)ccc1Cl.Cc1c(Cl)c(C(F)(F)F)nn1CC(=O)O. The second kappa shape index (κ2) is 39.7. The minimum atomic E-state index is -4.73. The number of anilines is 3. The van der Waals surface area contributed by atoms with Crippen LogP contribution in [0.5, 0.6) is 17.2 Å². The Kier molecular flexibility index (Phi) is 31.5. The number of aliphatic carboxylic acids is 1. The van der Waals surface area contributed by atoms with Gasteiger partial charge < -0.3 is 63.3 Å². The molecule has 111 heavy (non-hydrogen) atoms. The summed E-state index contributed by atoms with van der Waals surface area (Å²) < 4.78 is 152. The number of ether oxygens (including phenoxy) is 6. The van der Waals surface area contributed by atoms with Gasteiger partial charge in [-0.15, -0.1) is 0 Å². The number of halogens is 15. The molecule has 6 heterocycles. The summed E-state index contributed by atoms with van der Waals surface area (Å²) in [6, 6.07) is 36.2. The number of carboxylic acid groups (broad SMARTS) is 1. The van der Waals surface area contributed by atoms with Gasteiger partial charge >= 0.3 is 30.5 Å². The molecule has 23 nitrogen and oxygen atoms in total. The average Bonchev–Trinajstić information content (AvgIpc) is 1.57. The molecule has 0 unspecified atom stereocenters. The van der Waals surface area contributed by atoms with Crippen molar-refractivity contribution in [3.8, 4) is 17.2 Å². The molecule has 5 aromatic carbocycles. The van der Waals surface area contributed by atoms with E-state index < -0.39 is 87.7 Å². The second-order valence-electron chi connectivity index (χ2n) is 25.3. The highest BCUT2D eigenvalue weighted by Crippen LogP contribution is 2.40. The zero-order valence-corrected chi connectivity index (χ0v) is 65.4. The molecule has 0 aliphatic carbocycles. The van der Waals surface area contributed by atoms with Gasteiger partial charge in [-0.2, -0.15) is 54.8 Å². The summed E-state index contributed by atoms with van der Waals surface area (Å²) in [4.78, 5) is 57.4. The highest BCUT2D eigenvalue weighted by atomic mass is 35.5. The molecule has 3 aliphatic rings. The van der Waals surface area contributed by atoms with Crippen LogP contribution in [0.1, 0.15) is 52.2 Å². The lowest BCUT2D eigenvalue weighted by Gasteiger charge is -2.42. The number of carbonyl (C=O) groups is 4. The van der Waals surface area contributed by atoms with Gasteiger partial charge in [-0.05, 0) is 68.3 Å². The van der Waals surface area contributed by atoms with Gasteiger partial charge in [0.15, 0.2) is 17.1 Å². The van der Waals surface area contributed by atoms with Gasteiger partial charge in [0.05, 0.1) is 113 Å². The number of esters is 1. The number of hydrogen-bond donors (Lipinski definition) is 2. The normalized spacial score (nSPS) is 16.0. The number of alkyl halides is 9. The Hall–Kier alpha value is -8.60. The number of benzene rings is 5. The van der Waals surface area contributed by atoms with Gasteiger partial charge in [0.1, 0.15) is 43.5 Å². The van der Waals surface area contributed by atoms with E-state index in [1.807, 2.05) is 83.8 Å². The predicted octanol–water partition coefficient (Wildman–Crippen LogP) is 14.6. The van der Waals surface area contributed by atoms with Crippen molar-refractivity contribution in [1.29, 1.82) is 0 Å². The third kappa shape index (κ3) is 24.0. The topological polar surface area (TPSA) is 226 Å². The van der Waals surface area contributed by atoms with E-state index in [0.717, 1.165) is 51.6 Å². The first-order chi connectivity index (χ1) is 52.5. The van der Waals surface area contributed by atoms with Crippen LogP contribution in [0, 0.1) is 20.8 Å². The fourth-order valence-electron chi connectivity index (χ4n) is 12.0. The summed E-state index contributed by atoms with van der Waals surface area (Å²) in [6.07, 6.45) is -14.1. The lowest BCUT2D eigenvalue weighted by atomic mass is 10.1. The number of methoxy groups -OCH3 is 3. The van der Waals surface area contributed by atoms with Crippen LogP contribution in [-0.4, -0.2) is 186 Å². The Morgan fingerprint density at radius 3 is 1.15 bits per heavy atom. The third-order valence-corrected chi connectivity index (χ3v) is 20.1. The number of aromatic nitrogens is 6. The first-order valence-electron chi connectivity index (χ1n) is 34.1. The molecule has 3 aliphatic heterocycles. The molecule has 0 bridgehead atoms. The summed E-state index contributed by atoms with van der Waals surface area (Å²) in [7, 11) is 4.67. The first kappa shape index (κ1) is 88.0. The molecule has 602 valence electrons. The van der Waals surface area contributed by atoms with Crippen LogP contribution in [0.4, 0.5) is 56.6 Å². The Morgan fingerprint density at radius 2 is 0.820 bits per heavy atom. The zero-order valence-electron chi connectivity index (χ0n) is 60.8. The van der Waals surface area contributed by atoms with Gasteiger partial charge in [-0.3, -0.25) is 33.2 Å². The minimum Gasteiger partial charge on any atom is -0.495 e. The summed E-state index contributed by atoms with van der Waals surface area (Å²) in [5.74, 6) is -0.852. The van der Waals surface area contributed by atoms with E-state index in [1.54, 1.807) is 36.3 Å². The van der Waals surface area contributed by atoms with Gasteiger partial charge in [0.25, 0.3) is 0 Å². The molecule has 0 spiro atoms. The lowest BCUT2D eigenvalue weighted by Crippen LogP contribution is -2.57. The van der Waals surface area contributed by atoms with Gasteiger partial charge in [0, 0.05) is 101 Å². The number of rotatable bonds is 22. The zero-order chi connectivity index (χ0) is 81.2. The maximum absolute atomic E-state index is 13.2. The fourth-order valence-corrected chi connectivity index (χ4v) is 13.3. The van der Waals surface area contributed by atoms with Crippen molar-refractivity contribution in [2.75, 3.05) is 115 Å². The van der Waals surface area contributed by atoms with Crippen molar-refractivity contribution in [2.24, 2.45) is 0 Å². The Morgan fingerprint density at radius 1 is 0.477 bits per heavy atom. The quantitative estimate of drug-likeness (QED) is 0.0475. The summed E-state index contributed by atoms with van der Waals surface area (Å²) in [5, 5.41) is 21.9. The van der Waals surface area contributed by atoms with Crippen LogP contribution < -0.4 is 34.2 Å². The summed E-state index contributed by atoms with van der Waals surface area (Å²) in [5.41, 5.74) is 1.37. The molecule has 2 amide bonds. The van der Waals surface area contributed by atoms with E-state index >= 15 is 0 Å². The molecule has 11 rings (SSSR count). The molecule has 0 radical (unpaired) electrons. The fraction of sp³-hybridized carbons (Fsp3) is 0.411. The third-order valence-electron chi connectivity index (χ3n) is 17.8. The number of amides is 2. The van der Waals surface area contributed by atoms with Crippen LogP contribution in [-0.2, 0) is 84.8 Å². The lowest BCUT2D eigenvalue weighted by molar-refractivity contribution is -0.143. The standard InChI is InChI=1S/C26H27Cl2F3N4O3.C21H23Cl2F3N4O4.C19H23ClN2O2.C7H6ClF3N2O2/c1-17-24(28)25(26(29,30)31)32-35(17)14-23(36)33-10-11-34(19-8-9-21(27)22(12-19)37-2)20(13-33)16-38-15-18-6-4-3-5-7-18;1-12-19(23)20(21(24,25)26)27-30(12)10-18(32)28-6-7-29(15(9-28)11-34-13(2)31)14-4-5-16(22)17(8-14)33-3;1-23-19-11-16(7-8-18(19)20)22-10-9-21-12-17(22)14-24-13-15-5-3-2-4-6-15;1-3-5(8)6(7(9,10)11)12-13(3)2-4(14)15/h3-9,12,20H,10-11,13-16H2,1-2H3;4-5,8,15H,6-7,9-11H2,1-3H3;2-8,11,17,21H,9-10,12-14H2,1H3;2H2,1H3,(H,14,15)/t20-;15-;17-;/m111./s1. The van der Waals surface area contributed by atoms with Crippen molar-refractivity contribution in [1.82, 2.24) is 44.5 Å². The number of hydrogen-bond acceptors (Lipinski definition) is 17. The van der Waals surface area contributed by atoms with Crippen molar-refractivity contribution < 1.29 is 92.2 Å². The molecule has 0 saturated carbocycles. The Labute approximate surface area is 663 Å². The number of nitrogens with zero attached hydrogens (tertiary/aromatic N) is 11. The van der Waals surface area contributed by atoms with Gasteiger partial charge in [-0.1, -0.05) is 130 Å². The second-order valence-corrected chi connectivity index (χ2v) is 27.6. The van der Waals surface area contributed by atoms with Crippen molar-refractivity contribution in [3.05, 3.63) is 191 Å². The van der Waals surface area contributed by atoms with E-state index in [2.05, 4.69) is 42.5 Å². The smallest absolute Gasteiger partial charge is 0.436 e. The van der Waals surface area contributed by atoms with E-state index in [9.17, 15) is 58.7 Å². The van der Waals surface area contributed by atoms with E-state index in [-0.39, 0.29) is 54.8 Å². The number of carboxylic acids is 1. The molecule has 38 heteroatoms. The molecule has 3 fully saturated rings. The maximum atomic E-state index is 13.2. The van der Waals surface area contributed by atoms with E-state index in [0.29, 0.717) is 96.1 Å². The van der Waals surface area contributed by atoms with Crippen LogP contribution in [0.25, 0.3) is 0 Å².